The fourth-order valence-electron chi connectivity index (χ4n) is 0.875. The van der Waals surface area contributed by atoms with Gasteiger partial charge in [-0.25, -0.2) is 4.99 Å². The minimum Gasteiger partial charge on any atom is -0.356 e. The number of nitrogens with zero attached hydrogens (tertiary/aromatic N) is 2. The Morgan fingerprint density at radius 3 is 2.62 bits per heavy atom. The lowest BCUT2D eigenvalue weighted by Crippen LogP contribution is -2.38. The molecule has 2 N–H and O–H groups in total. The van der Waals surface area contributed by atoms with Gasteiger partial charge in [-0.3, -0.25) is 4.79 Å². The second-order valence-corrected chi connectivity index (χ2v) is 3.55. The molecular weight excluding hydrogens is 204 g/mol. The van der Waals surface area contributed by atoms with Crippen LogP contribution >= 0.6 is 0 Å². The third kappa shape index (κ3) is 6.86. The van der Waals surface area contributed by atoms with Crippen molar-refractivity contribution in [2.24, 2.45) is 4.99 Å². The van der Waals surface area contributed by atoms with Gasteiger partial charge in [-0.2, -0.15) is 0 Å². The van der Waals surface area contributed by atoms with E-state index >= 15 is 0 Å². The predicted octanol–water partition coefficient (Wildman–Crippen LogP) is 0.206. The van der Waals surface area contributed by atoms with Crippen LogP contribution in [0.5, 0.6) is 0 Å². The van der Waals surface area contributed by atoms with E-state index in [2.05, 4.69) is 29.1 Å². The van der Waals surface area contributed by atoms with Gasteiger partial charge in [0.2, 0.25) is 5.91 Å². The zero-order valence-corrected chi connectivity index (χ0v) is 10.4. The Bertz CT molecular complexity index is 248. The van der Waals surface area contributed by atoms with Crippen molar-refractivity contribution in [2.45, 2.75) is 13.3 Å². The number of aliphatic imine (C=N–C) groups is 1. The summed E-state index contributed by atoms with van der Waals surface area (Å²) in [6.45, 7) is 7.31. The third-order valence-corrected chi connectivity index (χ3v) is 1.83. The highest BCUT2D eigenvalue weighted by molar-refractivity contribution is 5.84. The van der Waals surface area contributed by atoms with Crippen LogP contribution < -0.4 is 10.6 Å². The van der Waals surface area contributed by atoms with E-state index in [0.29, 0.717) is 12.5 Å². The van der Waals surface area contributed by atoms with Gasteiger partial charge in [-0.05, 0) is 6.42 Å². The van der Waals surface area contributed by atoms with E-state index in [-0.39, 0.29) is 12.5 Å². The molecule has 0 saturated heterocycles. The summed E-state index contributed by atoms with van der Waals surface area (Å²) in [5, 5.41) is 6.17. The molecular formula is C11H22N4O. The fourth-order valence-corrected chi connectivity index (χ4v) is 0.875. The van der Waals surface area contributed by atoms with Crippen LogP contribution in [0, 0.1) is 0 Å². The highest BCUT2D eigenvalue weighted by atomic mass is 16.2. The van der Waals surface area contributed by atoms with Crippen molar-refractivity contribution in [3.05, 3.63) is 12.7 Å². The van der Waals surface area contributed by atoms with E-state index in [1.807, 2.05) is 0 Å². The molecule has 0 aliphatic heterocycles. The van der Waals surface area contributed by atoms with Gasteiger partial charge >= 0.3 is 0 Å². The molecule has 0 aliphatic rings. The summed E-state index contributed by atoms with van der Waals surface area (Å²) in [5.74, 6) is 0.633. The molecule has 0 spiro atoms. The molecule has 92 valence electrons. The van der Waals surface area contributed by atoms with Crippen molar-refractivity contribution in [3.63, 3.8) is 0 Å². The van der Waals surface area contributed by atoms with Crippen LogP contribution in [0.1, 0.15) is 13.3 Å². The molecule has 0 rings (SSSR count). The standard InChI is InChI=1S/C11H22N4O/c1-5-7-12-11(13-8-6-2)14-9-10(16)15(3)4/h5H,1,6-9H2,2-4H3,(H2,12,13,14). The van der Waals surface area contributed by atoms with Crippen molar-refractivity contribution in [1.29, 1.82) is 0 Å². The third-order valence-electron chi connectivity index (χ3n) is 1.83. The molecule has 0 saturated carbocycles. The first-order valence-corrected chi connectivity index (χ1v) is 5.45. The van der Waals surface area contributed by atoms with Gasteiger partial charge in [0.25, 0.3) is 0 Å². The molecule has 0 atom stereocenters. The summed E-state index contributed by atoms with van der Waals surface area (Å²) in [7, 11) is 3.43. The van der Waals surface area contributed by atoms with E-state index in [4.69, 9.17) is 0 Å². The molecule has 0 aromatic rings. The number of carbonyl (C=O) groups is 1. The van der Waals surface area contributed by atoms with Crippen molar-refractivity contribution < 1.29 is 4.79 Å². The van der Waals surface area contributed by atoms with Crippen LogP contribution in [0.4, 0.5) is 0 Å². The highest BCUT2D eigenvalue weighted by Crippen LogP contribution is 1.82. The van der Waals surface area contributed by atoms with Gasteiger partial charge in [0.1, 0.15) is 6.54 Å². The number of guanidine groups is 1. The van der Waals surface area contributed by atoms with Crippen molar-refractivity contribution in [2.75, 3.05) is 33.7 Å². The van der Waals surface area contributed by atoms with E-state index in [9.17, 15) is 4.79 Å². The Kier molecular flexibility index (Phi) is 7.93. The van der Waals surface area contributed by atoms with E-state index in [1.165, 1.54) is 4.90 Å². The molecule has 5 nitrogen and oxygen atoms in total. The van der Waals surface area contributed by atoms with E-state index < -0.39 is 0 Å². The quantitative estimate of drug-likeness (QED) is 0.386. The second kappa shape index (κ2) is 8.76. The first-order valence-electron chi connectivity index (χ1n) is 5.45. The molecule has 1 amide bonds. The smallest absolute Gasteiger partial charge is 0.243 e. The number of hydrogen-bond donors (Lipinski definition) is 2. The van der Waals surface area contributed by atoms with E-state index in [1.54, 1.807) is 20.2 Å². The van der Waals surface area contributed by atoms with E-state index in [0.717, 1.165) is 13.0 Å². The molecule has 0 bridgehead atoms. The maximum Gasteiger partial charge on any atom is 0.243 e. The molecule has 5 heteroatoms. The first-order chi connectivity index (χ1) is 7.61. The predicted molar refractivity (Wildman–Crippen MR) is 67.5 cm³/mol. The van der Waals surface area contributed by atoms with Gasteiger partial charge in [0.15, 0.2) is 5.96 Å². The van der Waals surface area contributed by atoms with Crippen molar-refractivity contribution in [1.82, 2.24) is 15.5 Å². The number of amides is 1. The Morgan fingerprint density at radius 2 is 2.12 bits per heavy atom. The Balaban J connectivity index is 4.19. The number of nitrogens with one attached hydrogen (secondary N) is 2. The summed E-state index contributed by atoms with van der Waals surface area (Å²) in [5.41, 5.74) is 0. The summed E-state index contributed by atoms with van der Waals surface area (Å²) < 4.78 is 0. The lowest BCUT2D eigenvalue weighted by molar-refractivity contribution is -0.127. The topological polar surface area (TPSA) is 56.7 Å². The lowest BCUT2D eigenvalue weighted by atomic mass is 10.5. The van der Waals surface area contributed by atoms with Gasteiger partial charge < -0.3 is 15.5 Å². The molecule has 16 heavy (non-hydrogen) atoms. The van der Waals surface area contributed by atoms with Crippen molar-refractivity contribution >= 4 is 11.9 Å². The largest absolute Gasteiger partial charge is 0.356 e. The zero-order valence-electron chi connectivity index (χ0n) is 10.4. The monoisotopic (exact) mass is 226 g/mol. The number of carbonyl (C=O) groups excluding carboxylic acids is 1. The van der Waals surface area contributed by atoms with Crippen LogP contribution in [0.15, 0.2) is 17.6 Å². The van der Waals surface area contributed by atoms with Crippen LogP contribution in [-0.4, -0.2) is 50.5 Å². The zero-order chi connectivity index (χ0) is 12.4. The minimum absolute atomic E-state index is 0.0174. The van der Waals surface area contributed by atoms with Gasteiger partial charge in [0, 0.05) is 27.2 Å². The molecule has 0 unspecified atom stereocenters. The summed E-state index contributed by atoms with van der Waals surface area (Å²) in [6, 6.07) is 0. The molecule has 0 heterocycles. The maximum atomic E-state index is 11.3. The van der Waals surface area contributed by atoms with Crippen LogP contribution in [-0.2, 0) is 4.79 Å². The highest BCUT2D eigenvalue weighted by Gasteiger charge is 2.03. The van der Waals surface area contributed by atoms with Crippen LogP contribution in [0.25, 0.3) is 0 Å². The number of hydrogen-bond acceptors (Lipinski definition) is 2. The summed E-state index contributed by atoms with van der Waals surface area (Å²) in [6.07, 6.45) is 2.76. The second-order valence-electron chi connectivity index (χ2n) is 3.55. The van der Waals surface area contributed by atoms with Gasteiger partial charge in [0.05, 0.1) is 0 Å². The average molecular weight is 226 g/mol. The molecule has 0 aromatic heterocycles. The molecule has 0 aromatic carbocycles. The van der Waals surface area contributed by atoms with Crippen LogP contribution in [0.3, 0.4) is 0 Å². The first kappa shape index (κ1) is 14.5. The normalized spacial score (nSPS) is 10.8. The SMILES string of the molecule is C=CCNC(=NCC(=O)N(C)C)NCCC. The van der Waals surface area contributed by atoms with Gasteiger partial charge in [-0.15, -0.1) is 6.58 Å². The summed E-state index contributed by atoms with van der Waals surface area (Å²) >= 11 is 0. The number of rotatable bonds is 6. The average Bonchev–Trinajstić information content (AvgIpc) is 2.27. The molecule has 0 fully saturated rings. The maximum absolute atomic E-state index is 11.3. The van der Waals surface area contributed by atoms with Gasteiger partial charge in [-0.1, -0.05) is 13.0 Å². The Hall–Kier alpha value is -1.52. The molecule has 0 radical (unpaired) electrons. The fraction of sp³-hybridized carbons (Fsp3) is 0.636. The minimum atomic E-state index is -0.0174. The Labute approximate surface area is 97.6 Å². The Morgan fingerprint density at radius 1 is 1.44 bits per heavy atom. The molecule has 0 aliphatic carbocycles. The lowest BCUT2D eigenvalue weighted by Gasteiger charge is -2.12. The van der Waals surface area contributed by atoms with Crippen LogP contribution in [0.2, 0.25) is 0 Å². The van der Waals surface area contributed by atoms with Crippen molar-refractivity contribution in [3.8, 4) is 0 Å². The number of likely N-dealkylation sites (N-methyl/N-ethyl adjacent to an activating group) is 1. The summed E-state index contributed by atoms with van der Waals surface area (Å²) in [4.78, 5) is 17.0.